The van der Waals surface area contributed by atoms with Gasteiger partial charge in [0.15, 0.2) is 0 Å². The highest BCUT2D eigenvalue weighted by Gasteiger charge is 2.17. The summed E-state index contributed by atoms with van der Waals surface area (Å²) in [4.78, 5) is 11.3. The van der Waals surface area contributed by atoms with Gasteiger partial charge < -0.3 is 4.57 Å². The van der Waals surface area contributed by atoms with E-state index in [4.69, 9.17) is 0 Å². The summed E-state index contributed by atoms with van der Waals surface area (Å²) < 4.78 is 30.2. The Morgan fingerprint density at radius 2 is 2.09 bits per heavy atom. The van der Waals surface area contributed by atoms with Gasteiger partial charge in [-0.05, 0) is 19.4 Å². The molecule has 0 amide bonds. The molecule has 0 radical (unpaired) electrons. The molecule has 1 heterocycles. The topological polar surface area (TPSA) is 94.6 Å². The Bertz CT molecular complexity index is 894. The molecule has 0 spiro atoms. The predicted octanol–water partition coefficient (Wildman–Crippen LogP) is 2.16. The van der Waals surface area contributed by atoms with Crippen LogP contribution in [0.15, 0.2) is 33.6 Å². The minimum Gasteiger partial charge on any atom is -0.323 e. The molecule has 0 atom stereocenters. The van der Waals surface area contributed by atoms with Crippen molar-refractivity contribution in [2.24, 2.45) is 11.4 Å². The summed E-state index contributed by atoms with van der Waals surface area (Å²) in [5.74, 6) is 0. The van der Waals surface area contributed by atoms with E-state index in [9.17, 15) is 18.5 Å². The number of non-ortho nitro benzene ring substituents is 1. The summed E-state index contributed by atoms with van der Waals surface area (Å²) in [6, 6.07) is 4.88. The number of hydrogen-bond acceptors (Lipinski definition) is 5. The highest BCUT2D eigenvalue weighted by Crippen LogP contribution is 2.19. The van der Waals surface area contributed by atoms with Crippen molar-refractivity contribution in [1.82, 2.24) is 4.57 Å². The van der Waals surface area contributed by atoms with Crippen LogP contribution in [0.1, 0.15) is 17.5 Å². The van der Waals surface area contributed by atoms with Crippen LogP contribution in [0.25, 0.3) is 0 Å². The first-order chi connectivity index (χ1) is 10.3. The van der Waals surface area contributed by atoms with Gasteiger partial charge in [-0.2, -0.15) is 8.42 Å². The van der Waals surface area contributed by atoms with E-state index in [1.54, 1.807) is 11.6 Å². The Kier molecular flexibility index (Phi) is 4.47. The first-order valence-electron chi connectivity index (χ1n) is 6.47. The van der Waals surface area contributed by atoms with Gasteiger partial charge >= 0.3 is 0 Å². The normalized spacial score (nSPS) is 12.6. The van der Waals surface area contributed by atoms with Crippen molar-refractivity contribution in [1.29, 1.82) is 0 Å². The van der Waals surface area contributed by atoms with Crippen LogP contribution >= 0.6 is 11.3 Å². The largest absolute Gasteiger partial charge is 0.323 e. The van der Waals surface area contributed by atoms with Gasteiger partial charge in [-0.1, -0.05) is 13.0 Å². The van der Waals surface area contributed by atoms with Gasteiger partial charge in [-0.3, -0.25) is 10.1 Å². The van der Waals surface area contributed by atoms with Crippen LogP contribution in [0, 0.1) is 17.0 Å². The lowest BCUT2D eigenvalue weighted by atomic mass is 10.3. The van der Waals surface area contributed by atoms with Gasteiger partial charge in [0.05, 0.1) is 9.82 Å². The molecule has 9 heteroatoms. The second kappa shape index (κ2) is 6.01. The Hall–Kier alpha value is -2.00. The number of benzene rings is 1. The molecule has 22 heavy (non-hydrogen) atoms. The quantitative estimate of drug-likeness (QED) is 0.629. The second-order valence-electron chi connectivity index (χ2n) is 4.63. The average molecular weight is 341 g/mol. The number of sulfonamides is 1. The smallest absolute Gasteiger partial charge is 0.285 e. The SMILES string of the molecule is CCc1s/c(=N\S(=O)(=O)c2cccc([N+](=O)[O-])c2)n(C)c1C. The first-order valence-corrected chi connectivity index (χ1v) is 8.72. The van der Waals surface area contributed by atoms with Crippen molar-refractivity contribution >= 4 is 27.0 Å². The summed E-state index contributed by atoms with van der Waals surface area (Å²) in [5, 5.41) is 10.8. The van der Waals surface area contributed by atoms with Crippen LogP contribution < -0.4 is 4.80 Å². The summed E-state index contributed by atoms with van der Waals surface area (Å²) in [6.45, 7) is 3.88. The Balaban J connectivity index is 2.59. The summed E-state index contributed by atoms with van der Waals surface area (Å²) >= 11 is 1.30. The summed E-state index contributed by atoms with van der Waals surface area (Å²) in [7, 11) is -2.25. The molecule has 0 saturated heterocycles. The van der Waals surface area contributed by atoms with Crippen molar-refractivity contribution in [2.75, 3.05) is 0 Å². The van der Waals surface area contributed by atoms with Crippen molar-refractivity contribution in [3.63, 3.8) is 0 Å². The third-order valence-electron chi connectivity index (χ3n) is 3.25. The fourth-order valence-electron chi connectivity index (χ4n) is 1.90. The van der Waals surface area contributed by atoms with Gasteiger partial charge in [-0.25, -0.2) is 0 Å². The molecule has 0 saturated carbocycles. The van der Waals surface area contributed by atoms with E-state index in [1.165, 1.54) is 29.5 Å². The average Bonchev–Trinajstić information content (AvgIpc) is 2.74. The minimum atomic E-state index is -3.99. The molecule has 2 rings (SSSR count). The molecule has 1 aromatic heterocycles. The molecule has 1 aromatic carbocycles. The molecule has 0 bridgehead atoms. The monoisotopic (exact) mass is 341 g/mol. The number of nitro groups is 1. The van der Waals surface area contributed by atoms with Crippen molar-refractivity contribution < 1.29 is 13.3 Å². The molecule has 0 aliphatic heterocycles. The number of nitrogens with zero attached hydrogens (tertiary/aromatic N) is 3. The molecule has 0 aliphatic rings. The van der Waals surface area contributed by atoms with Crippen molar-refractivity contribution in [3.8, 4) is 0 Å². The minimum absolute atomic E-state index is 0.189. The van der Waals surface area contributed by atoms with Crippen LogP contribution in [-0.2, 0) is 23.5 Å². The number of aromatic nitrogens is 1. The first kappa shape index (κ1) is 16.4. The van der Waals surface area contributed by atoms with Crippen LogP contribution in [0.5, 0.6) is 0 Å². The Labute approximate surface area is 131 Å². The fraction of sp³-hybridized carbons (Fsp3) is 0.308. The molecule has 0 fully saturated rings. The maximum atomic E-state index is 12.3. The maximum absolute atomic E-state index is 12.3. The number of nitro benzene ring substituents is 1. The van der Waals surface area contributed by atoms with Crippen LogP contribution in [-0.4, -0.2) is 17.9 Å². The van der Waals surface area contributed by atoms with E-state index in [2.05, 4.69) is 4.40 Å². The molecule has 2 aromatic rings. The van der Waals surface area contributed by atoms with E-state index in [0.717, 1.165) is 23.1 Å². The third-order valence-corrected chi connectivity index (χ3v) is 6.01. The number of aryl methyl sites for hydroxylation is 1. The van der Waals surface area contributed by atoms with E-state index in [1.807, 2.05) is 13.8 Å². The van der Waals surface area contributed by atoms with E-state index in [0.29, 0.717) is 4.80 Å². The Morgan fingerprint density at radius 1 is 1.41 bits per heavy atom. The lowest BCUT2D eigenvalue weighted by Gasteiger charge is -1.99. The zero-order valence-corrected chi connectivity index (χ0v) is 13.9. The number of rotatable bonds is 4. The Morgan fingerprint density at radius 3 is 2.64 bits per heavy atom. The van der Waals surface area contributed by atoms with Crippen LogP contribution in [0.2, 0.25) is 0 Å². The zero-order valence-electron chi connectivity index (χ0n) is 12.3. The van der Waals surface area contributed by atoms with Crippen molar-refractivity contribution in [3.05, 3.63) is 49.8 Å². The van der Waals surface area contributed by atoms with E-state index < -0.39 is 14.9 Å². The molecule has 118 valence electrons. The van der Waals surface area contributed by atoms with Gasteiger partial charge in [0.25, 0.3) is 15.7 Å². The standard InChI is InChI=1S/C13H15N3O4S2/c1-4-12-9(2)15(3)13(21-12)14-22(19,20)11-7-5-6-10(8-11)16(17)18/h5-8H,4H2,1-3H3/b14-13-. The molecule has 0 unspecified atom stereocenters. The fourth-order valence-corrected chi connectivity index (χ4v) is 4.22. The lowest BCUT2D eigenvalue weighted by molar-refractivity contribution is -0.385. The predicted molar refractivity (Wildman–Crippen MR) is 83.3 cm³/mol. The van der Waals surface area contributed by atoms with Gasteiger partial charge in [0, 0.05) is 29.8 Å². The van der Waals surface area contributed by atoms with Gasteiger partial charge in [-0.15, -0.1) is 15.7 Å². The van der Waals surface area contributed by atoms with Crippen molar-refractivity contribution in [2.45, 2.75) is 25.2 Å². The lowest BCUT2D eigenvalue weighted by Crippen LogP contribution is -2.14. The molecule has 7 nitrogen and oxygen atoms in total. The summed E-state index contributed by atoms with van der Waals surface area (Å²) in [6.07, 6.45) is 0.788. The second-order valence-corrected chi connectivity index (χ2v) is 7.29. The maximum Gasteiger partial charge on any atom is 0.285 e. The van der Waals surface area contributed by atoms with Crippen LogP contribution in [0.4, 0.5) is 5.69 Å². The molecular formula is C13H15N3O4S2. The highest BCUT2D eigenvalue weighted by molar-refractivity contribution is 7.90. The number of thiazole rings is 1. The third kappa shape index (κ3) is 3.09. The van der Waals surface area contributed by atoms with E-state index >= 15 is 0 Å². The molecule has 0 N–H and O–H groups in total. The van der Waals surface area contributed by atoms with Gasteiger partial charge in [0.1, 0.15) is 0 Å². The molecule has 0 aliphatic carbocycles. The molecular weight excluding hydrogens is 326 g/mol. The highest BCUT2D eigenvalue weighted by atomic mass is 32.2. The zero-order chi connectivity index (χ0) is 16.5. The van der Waals surface area contributed by atoms with Crippen LogP contribution in [0.3, 0.4) is 0 Å². The van der Waals surface area contributed by atoms with E-state index in [-0.39, 0.29) is 10.6 Å². The van der Waals surface area contributed by atoms with Gasteiger partial charge in [0.2, 0.25) is 4.80 Å². The summed E-state index contributed by atoms with van der Waals surface area (Å²) in [5.41, 5.74) is 0.678. The number of hydrogen-bond donors (Lipinski definition) is 0.